The van der Waals surface area contributed by atoms with Crippen LogP contribution in [0.5, 0.6) is 0 Å². The van der Waals surface area contributed by atoms with Crippen LogP contribution in [0.3, 0.4) is 0 Å². The number of allylic oxidation sites excluding steroid dienone is 14. The molecule has 1 unspecified atom stereocenters. The first kappa shape index (κ1) is 69.1. The topological polar surface area (TPSA) is 61.8 Å². The monoisotopic (exact) mass is 1000 g/mol. The molecule has 0 radical (unpaired) electrons. The van der Waals surface area contributed by atoms with Crippen molar-refractivity contribution in [3.8, 4) is 0 Å². The zero-order valence-electron chi connectivity index (χ0n) is 47.9. The van der Waals surface area contributed by atoms with Crippen LogP contribution in [0.2, 0.25) is 0 Å². The minimum absolute atomic E-state index is 0.0606. The zero-order valence-corrected chi connectivity index (χ0v) is 47.9. The van der Waals surface area contributed by atoms with Crippen molar-refractivity contribution in [2.24, 2.45) is 0 Å². The van der Waals surface area contributed by atoms with Gasteiger partial charge in [0.25, 0.3) is 0 Å². The van der Waals surface area contributed by atoms with Crippen molar-refractivity contribution < 1.29 is 23.8 Å². The molecule has 416 valence electrons. The summed E-state index contributed by atoms with van der Waals surface area (Å²) in [6.45, 7) is 7.61. The Morgan fingerprint density at radius 3 is 1.01 bits per heavy atom. The highest BCUT2D eigenvalue weighted by atomic mass is 16.6. The molecule has 0 aliphatic carbocycles. The number of rotatable bonds is 57. The van der Waals surface area contributed by atoms with Crippen LogP contribution in [0, 0.1) is 0 Å². The van der Waals surface area contributed by atoms with Crippen LogP contribution < -0.4 is 0 Å². The highest BCUT2D eigenvalue weighted by Gasteiger charge is 2.17. The van der Waals surface area contributed by atoms with Gasteiger partial charge in [0, 0.05) is 19.4 Å². The summed E-state index contributed by atoms with van der Waals surface area (Å²) < 4.78 is 17.5. The summed E-state index contributed by atoms with van der Waals surface area (Å²) in [7, 11) is 0. The second-order valence-corrected chi connectivity index (χ2v) is 20.6. The van der Waals surface area contributed by atoms with Crippen molar-refractivity contribution in [1.82, 2.24) is 0 Å². The molecule has 0 bridgehead atoms. The molecule has 0 aromatic rings. The van der Waals surface area contributed by atoms with E-state index in [9.17, 15) is 9.59 Å². The zero-order chi connectivity index (χ0) is 52.0. The van der Waals surface area contributed by atoms with E-state index in [0.29, 0.717) is 19.4 Å². The molecule has 0 aromatic carbocycles. The van der Waals surface area contributed by atoms with E-state index in [0.717, 1.165) is 83.5 Å². The normalized spacial score (nSPS) is 12.8. The van der Waals surface area contributed by atoms with Crippen molar-refractivity contribution >= 4 is 11.9 Å². The first-order valence-electron chi connectivity index (χ1n) is 31.1. The van der Waals surface area contributed by atoms with Crippen molar-refractivity contribution in [3.63, 3.8) is 0 Å². The van der Waals surface area contributed by atoms with Gasteiger partial charge in [-0.1, -0.05) is 286 Å². The first-order chi connectivity index (χ1) is 35.6. The number of hydrogen-bond acceptors (Lipinski definition) is 5. The van der Waals surface area contributed by atoms with Crippen molar-refractivity contribution in [1.29, 1.82) is 0 Å². The van der Waals surface area contributed by atoms with Crippen LogP contribution in [-0.2, 0) is 23.8 Å². The molecule has 0 heterocycles. The van der Waals surface area contributed by atoms with E-state index in [4.69, 9.17) is 14.2 Å². The molecule has 0 fully saturated rings. The van der Waals surface area contributed by atoms with Gasteiger partial charge >= 0.3 is 11.9 Å². The Morgan fingerprint density at radius 2 is 0.625 bits per heavy atom. The van der Waals surface area contributed by atoms with Crippen molar-refractivity contribution in [2.75, 3.05) is 19.8 Å². The van der Waals surface area contributed by atoms with Gasteiger partial charge in [0.2, 0.25) is 0 Å². The van der Waals surface area contributed by atoms with Gasteiger partial charge in [-0.05, 0) is 89.9 Å². The minimum atomic E-state index is -0.572. The average Bonchev–Trinajstić information content (AvgIpc) is 3.38. The summed E-state index contributed by atoms with van der Waals surface area (Å²) in [6.07, 6.45) is 83.4. The van der Waals surface area contributed by atoms with E-state index in [1.807, 2.05) is 0 Å². The number of ether oxygens (including phenoxy) is 3. The van der Waals surface area contributed by atoms with E-state index in [1.165, 1.54) is 186 Å². The fourth-order valence-electron chi connectivity index (χ4n) is 8.82. The Labute approximate surface area is 448 Å². The Bertz CT molecular complexity index is 1320. The molecule has 0 aliphatic rings. The van der Waals surface area contributed by atoms with Crippen molar-refractivity contribution in [2.45, 2.75) is 309 Å². The van der Waals surface area contributed by atoms with Gasteiger partial charge in [-0.3, -0.25) is 9.59 Å². The summed E-state index contributed by atoms with van der Waals surface area (Å²) >= 11 is 0. The van der Waals surface area contributed by atoms with Gasteiger partial charge in [0.05, 0.1) is 6.61 Å². The molecule has 0 aromatic heterocycles. The van der Waals surface area contributed by atoms with Gasteiger partial charge < -0.3 is 14.2 Å². The van der Waals surface area contributed by atoms with Crippen molar-refractivity contribution in [3.05, 3.63) is 85.1 Å². The van der Waals surface area contributed by atoms with E-state index in [-0.39, 0.29) is 25.2 Å². The predicted octanol–water partition coefficient (Wildman–Crippen LogP) is 21.6. The van der Waals surface area contributed by atoms with Crippen LogP contribution in [0.15, 0.2) is 85.1 Å². The molecule has 5 nitrogen and oxygen atoms in total. The van der Waals surface area contributed by atoms with E-state index >= 15 is 0 Å². The maximum Gasteiger partial charge on any atom is 0.306 e. The molecule has 0 saturated carbocycles. The Morgan fingerprint density at radius 1 is 0.319 bits per heavy atom. The van der Waals surface area contributed by atoms with E-state index in [1.54, 1.807) is 0 Å². The molecule has 72 heavy (non-hydrogen) atoms. The van der Waals surface area contributed by atoms with E-state index in [2.05, 4.69) is 106 Å². The number of hydrogen-bond donors (Lipinski definition) is 0. The quantitative estimate of drug-likeness (QED) is 0.0345. The summed E-state index contributed by atoms with van der Waals surface area (Å²) in [5.74, 6) is -0.422. The second-order valence-electron chi connectivity index (χ2n) is 20.6. The van der Waals surface area contributed by atoms with Crippen LogP contribution in [0.1, 0.15) is 303 Å². The van der Waals surface area contributed by atoms with Crippen LogP contribution in [0.4, 0.5) is 0 Å². The Hall–Kier alpha value is -2.92. The van der Waals surface area contributed by atoms with Gasteiger partial charge in [0.15, 0.2) is 6.10 Å². The summed E-state index contributed by atoms with van der Waals surface area (Å²) in [5.41, 5.74) is 0. The molecule has 1 atom stereocenters. The van der Waals surface area contributed by atoms with E-state index < -0.39 is 6.10 Å². The average molecular weight is 1000 g/mol. The summed E-state index contributed by atoms with van der Waals surface area (Å²) in [5, 5.41) is 0. The SMILES string of the molecule is CC/C=C\C/C=C\C/C=C\C/C=C\C/C=C\C/C=C\CCCOCC(COC(=O)CCCCCCCCCCCCCCCCCCCCC)OC(=O)CCCCCCCCC/C=C\CCCCCCCC. The lowest BCUT2D eigenvalue weighted by atomic mass is 10.0. The summed E-state index contributed by atoms with van der Waals surface area (Å²) in [4.78, 5) is 25.6. The third-order valence-corrected chi connectivity index (χ3v) is 13.4. The molecule has 0 spiro atoms. The molecular formula is C67H118O5. The summed E-state index contributed by atoms with van der Waals surface area (Å²) in [6, 6.07) is 0. The lowest BCUT2D eigenvalue weighted by molar-refractivity contribution is -0.163. The first-order valence-corrected chi connectivity index (χ1v) is 31.1. The highest BCUT2D eigenvalue weighted by Crippen LogP contribution is 2.16. The lowest BCUT2D eigenvalue weighted by Crippen LogP contribution is -2.30. The number of unbranched alkanes of at least 4 members (excludes halogenated alkanes) is 32. The highest BCUT2D eigenvalue weighted by molar-refractivity contribution is 5.70. The molecule has 0 rings (SSSR count). The molecule has 5 heteroatoms. The maximum absolute atomic E-state index is 12.9. The second kappa shape index (κ2) is 62.4. The van der Waals surface area contributed by atoms with Gasteiger partial charge in [-0.15, -0.1) is 0 Å². The van der Waals surface area contributed by atoms with Crippen LogP contribution >= 0.6 is 0 Å². The fourth-order valence-corrected chi connectivity index (χ4v) is 8.82. The Balaban J connectivity index is 4.36. The largest absolute Gasteiger partial charge is 0.462 e. The molecular weight excluding hydrogens is 885 g/mol. The smallest absolute Gasteiger partial charge is 0.306 e. The number of esters is 2. The Kier molecular flexibility index (Phi) is 59.8. The standard InChI is InChI=1S/C67H118O5/c1-4-7-10-13-16-19-22-25-28-31-33-35-38-41-44-47-50-53-56-59-62-70-63-65(72-67(69)61-58-55-52-49-46-43-40-36-30-27-24-21-18-15-12-9-6-3)64-71-66(68)60-57-54-51-48-45-42-39-37-34-32-29-26-23-20-17-14-11-8-5-2/h7,10,16,19,25,27-28,30,33,35,41,44,50,53,65H,4-6,8-9,11-15,17-18,20-24,26,29,31-32,34,36-40,42-43,45-49,51-52,54-64H2,1-3H3/b10-7-,19-16-,28-25-,30-27-,35-33-,44-41-,53-50-. The number of carbonyl (C=O) groups excluding carboxylic acids is 2. The third kappa shape index (κ3) is 59.6. The van der Waals surface area contributed by atoms with Gasteiger partial charge in [-0.2, -0.15) is 0 Å². The van der Waals surface area contributed by atoms with Gasteiger partial charge in [0.1, 0.15) is 6.61 Å². The lowest BCUT2D eigenvalue weighted by Gasteiger charge is -2.18. The maximum atomic E-state index is 12.9. The van der Waals surface area contributed by atoms with Crippen LogP contribution in [-0.4, -0.2) is 37.9 Å². The molecule has 0 aliphatic heterocycles. The third-order valence-electron chi connectivity index (χ3n) is 13.4. The van der Waals surface area contributed by atoms with Crippen LogP contribution in [0.25, 0.3) is 0 Å². The minimum Gasteiger partial charge on any atom is -0.462 e. The van der Waals surface area contributed by atoms with Gasteiger partial charge in [-0.25, -0.2) is 0 Å². The predicted molar refractivity (Wildman–Crippen MR) is 316 cm³/mol. The molecule has 0 amide bonds. The molecule has 0 saturated heterocycles. The fraction of sp³-hybridized carbons (Fsp3) is 0.761. The number of carbonyl (C=O) groups is 2. The molecule has 0 N–H and O–H groups in total.